The van der Waals surface area contributed by atoms with Gasteiger partial charge >= 0.3 is 11.9 Å². The summed E-state index contributed by atoms with van der Waals surface area (Å²) in [7, 11) is 0. The van der Waals surface area contributed by atoms with Crippen LogP contribution >= 0.6 is 23.2 Å². The van der Waals surface area contributed by atoms with Crippen LogP contribution in [0, 0.1) is 0 Å². The smallest absolute Gasteiger partial charge is 0.382 e. The molecule has 0 bridgehead atoms. The largest absolute Gasteiger partial charge is 0.416 e. The molecule has 0 radical (unpaired) electrons. The number of alkyl halides is 3. The van der Waals surface area contributed by atoms with Gasteiger partial charge in [-0.15, -0.1) is 10.2 Å². The van der Waals surface area contributed by atoms with E-state index in [9.17, 15) is 27.9 Å². The maximum absolute atomic E-state index is 13.0. The average molecular weight is 542 g/mol. The van der Waals surface area contributed by atoms with E-state index in [4.69, 9.17) is 28.9 Å². The number of aliphatic hydroxyl groups excluding tert-OH is 1. The number of carbonyl (C=O) groups excluding carboxylic acids is 1. The van der Waals surface area contributed by atoms with Gasteiger partial charge in [-0.05, 0) is 42.5 Å². The van der Waals surface area contributed by atoms with Crippen molar-refractivity contribution in [1.82, 2.24) is 29.1 Å². The Bertz CT molecular complexity index is 1480. The van der Waals surface area contributed by atoms with Gasteiger partial charge in [0.05, 0.1) is 12.2 Å². The lowest BCUT2D eigenvalue weighted by Gasteiger charge is -2.15. The second-order valence-corrected chi connectivity index (χ2v) is 8.42. The Balaban J connectivity index is 1.77. The Morgan fingerprint density at radius 2 is 1.78 bits per heavy atom. The number of amides is 1. The SMILES string of the molecule is NC(=O)c1nc(Cn2nc(-c3ccc(Cl)cc3)n(C[C@H](O)C(F)(F)F)c2=O)nn1-c1cccc(Cl)c1. The lowest BCUT2D eigenvalue weighted by atomic mass is 10.2. The molecule has 10 nitrogen and oxygen atoms in total. The molecule has 4 rings (SSSR count). The number of aromatic nitrogens is 6. The lowest BCUT2D eigenvalue weighted by Crippen LogP contribution is -2.37. The van der Waals surface area contributed by atoms with E-state index in [0.29, 0.717) is 20.3 Å². The number of hydrogen-bond acceptors (Lipinski definition) is 6. The van der Waals surface area contributed by atoms with Crippen LogP contribution in [0.3, 0.4) is 0 Å². The molecule has 2 aromatic heterocycles. The summed E-state index contributed by atoms with van der Waals surface area (Å²) in [4.78, 5) is 29.0. The number of aliphatic hydroxyl groups is 1. The molecule has 3 N–H and O–H groups in total. The summed E-state index contributed by atoms with van der Waals surface area (Å²) < 4.78 is 41.7. The molecular weight excluding hydrogens is 526 g/mol. The molecule has 2 aromatic carbocycles. The number of nitrogens with zero attached hydrogens (tertiary/aromatic N) is 6. The van der Waals surface area contributed by atoms with E-state index in [1.807, 2.05) is 0 Å². The minimum absolute atomic E-state index is 0.0745. The van der Waals surface area contributed by atoms with Crippen LogP contribution in [0.5, 0.6) is 0 Å². The minimum Gasteiger partial charge on any atom is -0.382 e. The van der Waals surface area contributed by atoms with Crippen LogP contribution < -0.4 is 11.4 Å². The zero-order valence-electron chi connectivity index (χ0n) is 18.0. The third-order valence-corrected chi connectivity index (χ3v) is 5.46. The molecule has 0 aliphatic carbocycles. The van der Waals surface area contributed by atoms with Gasteiger partial charge in [0.15, 0.2) is 17.8 Å². The van der Waals surface area contributed by atoms with Crippen LogP contribution in [0.15, 0.2) is 53.3 Å². The van der Waals surface area contributed by atoms with Gasteiger partial charge in [-0.1, -0.05) is 29.3 Å². The lowest BCUT2D eigenvalue weighted by molar-refractivity contribution is -0.207. The molecule has 0 aliphatic rings. The molecule has 36 heavy (non-hydrogen) atoms. The standard InChI is InChI=1S/C21H16Cl2F3N7O3/c22-12-6-4-11(5-7-12)18-30-32(20(36)31(18)9-15(34)21(24,25)26)10-16-28-19(17(27)35)33(29-16)14-3-1-2-13(23)8-14/h1-8,15,34H,9-10H2,(H2,27,35)/t15-/m0/s1. The second kappa shape index (κ2) is 9.76. The zero-order chi connectivity index (χ0) is 26.2. The maximum atomic E-state index is 13.0. The van der Waals surface area contributed by atoms with E-state index < -0.39 is 37.0 Å². The number of nitrogens with two attached hydrogens (primary N) is 1. The van der Waals surface area contributed by atoms with Gasteiger partial charge in [0.2, 0.25) is 5.82 Å². The molecule has 4 aromatic rings. The first kappa shape index (κ1) is 25.4. The highest BCUT2D eigenvalue weighted by molar-refractivity contribution is 6.31. The van der Waals surface area contributed by atoms with Gasteiger partial charge in [0.1, 0.15) is 6.54 Å². The highest BCUT2D eigenvalue weighted by atomic mass is 35.5. The van der Waals surface area contributed by atoms with Crippen molar-refractivity contribution in [3.8, 4) is 17.1 Å². The molecule has 2 heterocycles. The van der Waals surface area contributed by atoms with Crippen LogP contribution in [0.25, 0.3) is 17.1 Å². The van der Waals surface area contributed by atoms with Crippen molar-refractivity contribution in [2.45, 2.75) is 25.4 Å². The van der Waals surface area contributed by atoms with Gasteiger partial charge in [-0.3, -0.25) is 9.36 Å². The quantitative estimate of drug-likeness (QED) is 0.369. The van der Waals surface area contributed by atoms with E-state index in [2.05, 4.69) is 15.2 Å². The summed E-state index contributed by atoms with van der Waals surface area (Å²) in [6.45, 7) is -1.51. The Labute approximate surface area is 210 Å². The molecule has 0 fully saturated rings. The Kier molecular flexibility index (Phi) is 6.89. The predicted octanol–water partition coefficient (Wildman–Crippen LogP) is 2.67. The Morgan fingerprint density at radius 1 is 1.08 bits per heavy atom. The highest BCUT2D eigenvalue weighted by Crippen LogP contribution is 2.24. The number of rotatable bonds is 7. The first-order valence-electron chi connectivity index (χ1n) is 10.1. The predicted molar refractivity (Wildman–Crippen MR) is 123 cm³/mol. The van der Waals surface area contributed by atoms with Crippen molar-refractivity contribution in [2.24, 2.45) is 5.73 Å². The molecule has 0 unspecified atom stereocenters. The summed E-state index contributed by atoms with van der Waals surface area (Å²) in [6.07, 6.45) is -7.78. The van der Waals surface area contributed by atoms with Crippen LogP contribution in [0.1, 0.15) is 16.4 Å². The van der Waals surface area contributed by atoms with Crippen molar-refractivity contribution in [2.75, 3.05) is 0 Å². The molecule has 1 amide bonds. The van der Waals surface area contributed by atoms with E-state index in [1.165, 1.54) is 30.3 Å². The number of primary amides is 1. The van der Waals surface area contributed by atoms with Crippen molar-refractivity contribution in [3.05, 3.63) is 80.7 Å². The van der Waals surface area contributed by atoms with Crippen LogP contribution in [0.2, 0.25) is 10.0 Å². The summed E-state index contributed by atoms with van der Waals surface area (Å²) in [5, 5.41) is 18.6. The third-order valence-electron chi connectivity index (χ3n) is 4.97. The van der Waals surface area contributed by atoms with Gasteiger partial charge in [0.25, 0.3) is 5.91 Å². The number of hydrogen-bond donors (Lipinski definition) is 2. The van der Waals surface area contributed by atoms with Gasteiger partial charge in [0, 0.05) is 15.6 Å². The fourth-order valence-corrected chi connectivity index (χ4v) is 3.61. The number of halogens is 5. The zero-order valence-corrected chi connectivity index (χ0v) is 19.5. The molecule has 188 valence electrons. The molecule has 1 atom stereocenters. The fourth-order valence-electron chi connectivity index (χ4n) is 3.30. The molecular formula is C21H16Cl2F3N7O3. The summed E-state index contributed by atoms with van der Waals surface area (Å²) >= 11 is 11.9. The maximum Gasteiger partial charge on any atom is 0.416 e. The number of carbonyl (C=O) groups is 1. The monoisotopic (exact) mass is 541 g/mol. The molecule has 0 spiro atoms. The molecule has 0 saturated heterocycles. The first-order chi connectivity index (χ1) is 16.9. The summed E-state index contributed by atoms with van der Waals surface area (Å²) in [5.41, 5.74) is 5.08. The van der Waals surface area contributed by atoms with Crippen LogP contribution in [0.4, 0.5) is 13.2 Å². The molecule has 0 aliphatic heterocycles. The Hall–Kier alpha value is -3.68. The van der Waals surface area contributed by atoms with E-state index >= 15 is 0 Å². The fraction of sp³-hybridized carbons (Fsp3) is 0.190. The van der Waals surface area contributed by atoms with Gasteiger partial charge < -0.3 is 10.8 Å². The van der Waals surface area contributed by atoms with E-state index in [1.54, 1.807) is 18.2 Å². The first-order valence-corrected chi connectivity index (χ1v) is 10.9. The van der Waals surface area contributed by atoms with Crippen LogP contribution in [-0.4, -0.2) is 52.4 Å². The van der Waals surface area contributed by atoms with Crippen molar-refractivity contribution >= 4 is 29.1 Å². The van der Waals surface area contributed by atoms with E-state index in [-0.39, 0.29) is 23.0 Å². The topological polar surface area (TPSA) is 134 Å². The summed E-state index contributed by atoms with van der Waals surface area (Å²) in [6, 6.07) is 12.2. The molecule has 0 saturated carbocycles. The van der Waals surface area contributed by atoms with Crippen molar-refractivity contribution in [1.29, 1.82) is 0 Å². The van der Waals surface area contributed by atoms with Crippen LogP contribution in [-0.2, 0) is 13.1 Å². The van der Waals surface area contributed by atoms with Gasteiger partial charge in [-0.2, -0.15) is 13.2 Å². The molecule has 15 heteroatoms. The van der Waals surface area contributed by atoms with Crippen molar-refractivity contribution in [3.63, 3.8) is 0 Å². The normalized spacial score (nSPS) is 12.6. The van der Waals surface area contributed by atoms with E-state index in [0.717, 1.165) is 9.36 Å². The van der Waals surface area contributed by atoms with Crippen molar-refractivity contribution < 1.29 is 23.1 Å². The minimum atomic E-state index is -4.97. The highest BCUT2D eigenvalue weighted by Gasteiger charge is 2.39. The van der Waals surface area contributed by atoms with Gasteiger partial charge in [-0.25, -0.2) is 19.1 Å². The second-order valence-electron chi connectivity index (χ2n) is 7.55. The number of benzene rings is 2. The average Bonchev–Trinajstić information content (AvgIpc) is 3.36. The Morgan fingerprint density at radius 3 is 2.39 bits per heavy atom. The summed E-state index contributed by atoms with van der Waals surface area (Å²) in [5.74, 6) is -1.40. The third kappa shape index (κ3) is 5.27.